The predicted octanol–water partition coefficient (Wildman–Crippen LogP) is 5.84. The fourth-order valence-electron chi connectivity index (χ4n) is 3.20. The van der Waals surface area contributed by atoms with Crippen molar-refractivity contribution in [2.24, 2.45) is 27.0 Å². The second-order valence-electron chi connectivity index (χ2n) is 6.41. The van der Waals surface area contributed by atoms with Crippen LogP contribution in [-0.4, -0.2) is 12.2 Å². The molecule has 6 nitrogen and oxygen atoms in total. The predicted molar refractivity (Wildman–Crippen MR) is 154 cm³/mol. The summed E-state index contributed by atoms with van der Waals surface area (Å²) in [5.74, 6) is 0.315. The fraction of sp³-hybridized carbons (Fsp3) is 0.125. The van der Waals surface area contributed by atoms with Gasteiger partial charge in [-0.3, -0.25) is 0 Å². The van der Waals surface area contributed by atoms with Crippen LogP contribution in [0.1, 0.15) is 40.3 Å². The molecular weight excluding hydrogens is 562 g/mol. The van der Waals surface area contributed by atoms with Crippen molar-refractivity contribution in [2.45, 2.75) is 20.3 Å². The van der Waals surface area contributed by atoms with E-state index in [9.17, 15) is 5.26 Å². The third kappa shape index (κ3) is 6.64. The zero-order chi connectivity index (χ0) is 24.2. The van der Waals surface area contributed by atoms with Crippen LogP contribution in [-0.2, 0) is 6.42 Å². The molecule has 0 saturated heterocycles. The molecule has 0 aliphatic heterocycles. The number of thiophene rings is 1. The number of benzene rings is 2. The molecule has 1 heterocycles. The van der Waals surface area contributed by atoms with Crippen molar-refractivity contribution in [3.05, 3.63) is 87.4 Å². The van der Waals surface area contributed by atoms with E-state index in [-0.39, 0.29) is 0 Å². The minimum absolute atomic E-state index is 0.315. The molecule has 3 aromatic rings. The van der Waals surface area contributed by atoms with Gasteiger partial charge in [-0.1, -0.05) is 56.3 Å². The molecule has 0 aliphatic rings. The van der Waals surface area contributed by atoms with Gasteiger partial charge in [-0.2, -0.15) is 5.26 Å². The quantitative estimate of drug-likeness (QED) is 0.105. The number of nitriles is 1. The van der Waals surface area contributed by atoms with E-state index in [2.05, 4.69) is 68.2 Å². The van der Waals surface area contributed by atoms with Crippen LogP contribution in [0.3, 0.4) is 0 Å². The lowest BCUT2D eigenvalue weighted by molar-refractivity contribution is 1.19. The highest BCUT2D eigenvalue weighted by molar-refractivity contribution is 14.2. The van der Waals surface area contributed by atoms with Crippen molar-refractivity contribution in [3.8, 4) is 6.07 Å². The number of hydrogen-bond donors (Lipinski definition) is 3. The second kappa shape index (κ2) is 13.7. The highest BCUT2D eigenvalue weighted by Crippen LogP contribution is 2.35. The summed E-state index contributed by atoms with van der Waals surface area (Å²) in [6.45, 7) is 4.00. The summed E-state index contributed by atoms with van der Waals surface area (Å²) < 4.78 is 4.12. The van der Waals surface area contributed by atoms with E-state index in [0.29, 0.717) is 34.6 Å². The number of rotatable bonds is 7. The highest BCUT2D eigenvalue weighted by Gasteiger charge is 2.22. The Bertz CT molecular complexity index is 1250. The molecule has 1 aromatic heterocycles. The largest absolute Gasteiger partial charge is 0.405 e. The van der Waals surface area contributed by atoms with Gasteiger partial charge < -0.3 is 17.2 Å². The lowest BCUT2D eigenvalue weighted by Crippen LogP contribution is -2.14. The van der Waals surface area contributed by atoms with Crippen LogP contribution in [0.5, 0.6) is 0 Å². The van der Waals surface area contributed by atoms with E-state index >= 15 is 0 Å². The van der Waals surface area contributed by atoms with Crippen molar-refractivity contribution in [2.75, 3.05) is 0 Å². The van der Waals surface area contributed by atoms with Crippen LogP contribution < -0.4 is 17.2 Å². The molecule has 1 unspecified atom stereocenters. The van der Waals surface area contributed by atoms with Crippen molar-refractivity contribution < 1.29 is 0 Å². The lowest BCUT2D eigenvalue weighted by Gasteiger charge is -2.07. The third-order valence-corrected chi connectivity index (χ3v) is 6.92. The average molecular weight is 588 g/mol. The Balaban J connectivity index is 0.00000187. The summed E-state index contributed by atoms with van der Waals surface area (Å²) in [5.41, 5.74) is 20.8. The van der Waals surface area contributed by atoms with Gasteiger partial charge in [0.05, 0.1) is 21.7 Å². The molecule has 6 N–H and O–H groups in total. The molecule has 1 atom stereocenters. The van der Waals surface area contributed by atoms with Crippen molar-refractivity contribution in [1.29, 1.82) is 5.26 Å². The topological polar surface area (TPSA) is 127 Å². The van der Waals surface area contributed by atoms with E-state index in [4.69, 9.17) is 17.2 Å². The Morgan fingerprint density at radius 1 is 1.15 bits per heavy atom. The Morgan fingerprint density at radius 2 is 1.88 bits per heavy atom. The maximum absolute atomic E-state index is 10.00. The van der Waals surface area contributed by atoms with Crippen LogP contribution in [0.25, 0.3) is 16.3 Å². The molecule has 33 heavy (non-hydrogen) atoms. The Morgan fingerprint density at radius 3 is 2.52 bits per heavy atom. The molecule has 0 saturated carbocycles. The number of allylic oxidation sites excluding steroid dienone is 2. The van der Waals surface area contributed by atoms with Gasteiger partial charge in [0, 0.05) is 18.2 Å². The van der Waals surface area contributed by atoms with E-state index in [1.165, 1.54) is 30.1 Å². The van der Waals surface area contributed by atoms with Crippen molar-refractivity contribution >= 4 is 68.3 Å². The maximum Gasteiger partial charge on any atom is 0.142 e. The van der Waals surface area contributed by atoms with E-state index in [1.807, 2.05) is 26.0 Å². The van der Waals surface area contributed by atoms with Crippen molar-refractivity contribution in [3.63, 3.8) is 0 Å². The maximum atomic E-state index is 10.00. The average Bonchev–Trinajstić information content (AvgIpc) is 3.21. The molecule has 2 aromatic carbocycles. The first kappa shape index (κ1) is 26.5. The molecule has 0 aliphatic carbocycles. The van der Waals surface area contributed by atoms with Gasteiger partial charge in [0.15, 0.2) is 0 Å². The second-order valence-corrected chi connectivity index (χ2v) is 9.30. The normalized spacial score (nSPS) is 12.5. The summed E-state index contributed by atoms with van der Waals surface area (Å²) in [4.78, 5) is 5.71. The first-order valence-corrected chi connectivity index (χ1v) is 15.1. The first-order valence-electron chi connectivity index (χ1n) is 10.2. The smallest absolute Gasteiger partial charge is 0.142 e. The molecule has 0 spiro atoms. The van der Waals surface area contributed by atoms with E-state index in [0.717, 1.165) is 26.8 Å². The first-order chi connectivity index (χ1) is 16.1. The van der Waals surface area contributed by atoms with Gasteiger partial charge in [0.2, 0.25) is 0 Å². The van der Waals surface area contributed by atoms with E-state index < -0.39 is 0 Å². The van der Waals surface area contributed by atoms with Crippen LogP contribution in [0.15, 0.2) is 70.7 Å². The van der Waals surface area contributed by atoms with Gasteiger partial charge in [0.25, 0.3) is 0 Å². The Hall–Kier alpha value is -2.73. The highest BCUT2D eigenvalue weighted by atomic mass is 127. The number of amidine groups is 1. The number of fused-ring (bicyclic) bond motifs is 1. The monoisotopic (exact) mass is 588 g/mol. The van der Waals surface area contributed by atoms with Gasteiger partial charge in [-0.15, -0.1) is 11.3 Å². The molecule has 0 fully saturated rings. The summed E-state index contributed by atoms with van der Waals surface area (Å²) in [6, 6.07) is 16.8. The zero-order valence-electron chi connectivity index (χ0n) is 18.4. The molecule has 3 rings (SSSR count). The van der Waals surface area contributed by atoms with E-state index in [1.54, 1.807) is 6.08 Å². The lowest BCUT2D eigenvalue weighted by atomic mass is 9.97. The molecule has 9 heteroatoms. The number of aliphatic imine (C=N–C) groups is 1. The zero-order valence-corrected chi connectivity index (χ0v) is 22.4. The number of hydrogen-bond acceptors (Lipinski definition) is 5. The summed E-state index contributed by atoms with van der Waals surface area (Å²) in [7, 11) is 0. The number of halogens is 1. The molecule has 170 valence electrons. The van der Waals surface area contributed by atoms with Crippen molar-refractivity contribution in [1.82, 2.24) is 0 Å². The van der Waals surface area contributed by atoms with Crippen LogP contribution in [0, 0.1) is 11.3 Å². The fourth-order valence-corrected chi connectivity index (χ4v) is 4.86. The molecule has 0 radical (unpaired) electrons. The van der Waals surface area contributed by atoms with Gasteiger partial charge in [-0.05, 0) is 56.2 Å². The van der Waals surface area contributed by atoms with Gasteiger partial charge in [-0.25, -0.2) is 9.76 Å². The number of nitrogens with two attached hydrogens (primary N) is 3. The van der Waals surface area contributed by atoms with Crippen LogP contribution in [0.4, 0.5) is 0 Å². The van der Waals surface area contributed by atoms with Gasteiger partial charge in [0.1, 0.15) is 18.2 Å². The standard InChI is InChI=1S/C22H20IN6PS.C2H6/c23-30-29-13-28-22(27)21-18(19(12-26)20(31-21)17(11-25)7-8-24)10-14-5-6-15-3-1-2-4-16(15)9-14;1-2/h1-9,11,13,30H,10,24-25H2,(H2,27,28,29);1-2H3/b8-7-,17-11+;. The summed E-state index contributed by atoms with van der Waals surface area (Å²) >= 11 is 3.53. The summed E-state index contributed by atoms with van der Waals surface area (Å²) in [6.07, 6.45) is 6.84. The number of nitrogens with zero attached hydrogens (tertiary/aromatic N) is 3. The summed E-state index contributed by atoms with van der Waals surface area (Å²) in [5, 5.41) is 12.3. The minimum Gasteiger partial charge on any atom is -0.405 e. The van der Waals surface area contributed by atoms with Crippen LogP contribution in [0.2, 0.25) is 0 Å². The Labute approximate surface area is 213 Å². The third-order valence-electron chi connectivity index (χ3n) is 4.57. The Kier molecular flexibility index (Phi) is 11.0. The van der Waals surface area contributed by atoms with Gasteiger partial charge >= 0.3 is 0 Å². The minimum atomic E-state index is 0.315. The van der Waals surface area contributed by atoms with Crippen LogP contribution >= 0.6 is 39.8 Å². The SMILES string of the molecule is CC.N#Cc1c(C(/C=C\N)=C/N)sc(C(N)=N/C=N/PI)c1Cc1ccc2ccccc2c1. The molecule has 0 bridgehead atoms. The molecule has 0 amide bonds. The molecular formula is C24H26IN6PS.